The molecule has 0 atom stereocenters. The molecule has 1 heterocycles. The molecule has 2 aliphatic carbocycles. The van der Waals surface area contributed by atoms with Crippen molar-refractivity contribution in [1.82, 2.24) is 20.2 Å². The fourth-order valence-electron chi connectivity index (χ4n) is 3.63. The number of carboxylic acid groups (broad SMARTS) is 1. The molecule has 0 amide bonds. The Morgan fingerprint density at radius 1 is 1.20 bits per heavy atom. The lowest BCUT2D eigenvalue weighted by atomic mass is 9.68. The molecule has 6 heteroatoms. The number of tetrazole rings is 1. The van der Waals surface area contributed by atoms with Gasteiger partial charge in [0, 0.05) is 5.41 Å². The lowest BCUT2D eigenvalue weighted by Gasteiger charge is -2.39. The molecule has 6 nitrogen and oxygen atoms in total. The van der Waals surface area contributed by atoms with Crippen LogP contribution in [0, 0.1) is 5.41 Å². The Morgan fingerprint density at radius 3 is 2.45 bits per heavy atom. The quantitative estimate of drug-likeness (QED) is 0.912. The summed E-state index contributed by atoms with van der Waals surface area (Å²) in [4.78, 5) is 11.5. The highest BCUT2D eigenvalue weighted by atomic mass is 16.4. The molecule has 1 aromatic rings. The number of rotatable bonds is 4. The van der Waals surface area contributed by atoms with Crippen LogP contribution in [0.5, 0.6) is 0 Å². The van der Waals surface area contributed by atoms with Crippen LogP contribution in [0.15, 0.2) is 0 Å². The Morgan fingerprint density at radius 2 is 1.90 bits per heavy atom. The van der Waals surface area contributed by atoms with Crippen LogP contribution < -0.4 is 0 Å². The third-order valence-corrected chi connectivity index (χ3v) is 5.25. The van der Waals surface area contributed by atoms with Crippen molar-refractivity contribution in [2.24, 2.45) is 5.41 Å². The molecule has 0 unspecified atom stereocenters. The zero-order valence-corrected chi connectivity index (χ0v) is 12.0. The lowest BCUT2D eigenvalue weighted by molar-refractivity contribution is -0.156. The number of carbonyl (C=O) groups is 1. The van der Waals surface area contributed by atoms with E-state index in [2.05, 4.69) is 22.4 Å². The minimum absolute atomic E-state index is 0.00515. The molecule has 110 valence electrons. The highest BCUT2D eigenvalue weighted by molar-refractivity contribution is 5.75. The first-order valence-corrected chi connectivity index (χ1v) is 7.56. The van der Waals surface area contributed by atoms with E-state index >= 15 is 0 Å². The van der Waals surface area contributed by atoms with Crippen LogP contribution in [-0.4, -0.2) is 31.3 Å². The first kappa shape index (κ1) is 13.5. The van der Waals surface area contributed by atoms with Gasteiger partial charge in [0.15, 0.2) is 5.82 Å². The van der Waals surface area contributed by atoms with E-state index in [-0.39, 0.29) is 5.41 Å². The Bertz CT molecular complexity index is 501. The normalized spacial score (nSPS) is 24.1. The van der Waals surface area contributed by atoms with Crippen molar-refractivity contribution < 1.29 is 9.90 Å². The van der Waals surface area contributed by atoms with E-state index in [0.29, 0.717) is 6.54 Å². The summed E-state index contributed by atoms with van der Waals surface area (Å²) in [5.74, 6) is 0.170. The Kier molecular flexibility index (Phi) is 3.26. The fraction of sp³-hybridized carbons (Fsp3) is 0.857. The monoisotopic (exact) mass is 278 g/mol. The highest BCUT2D eigenvalue weighted by Gasteiger charge is 2.46. The van der Waals surface area contributed by atoms with Crippen LogP contribution in [0.2, 0.25) is 0 Å². The number of carboxylic acids is 1. The van der Waals surface area contributed by atoms with Crippen LogP contribution in [0.25, 0.3) is 0 Å². The number of hydrogen-bond donors (Lipinski definition) is 1. The van der Waals surface area contributed by atoms with Gasteiger partial charge in [0.1, 0.15) is 0 Å². The van der Waals surface area contributed by atoms with Crippen LogP contribution >= 0.6 is 0 Å². The molecule has 2 fully saturated rings. The average Bonchev–Trinajstić information content (AvgIpc) is 2.83. The second kappa shape index (κ2) is 4.82. The third-order valence-electron chi connectivity index (χ3n) is 5.25. The van der Waals surface area contributed by atoms with E-state index in [4.69, 9.17) is 0 Å². The minimum atomic E-state index is -0.709. The maximum absolute atomic E-state index is 11.5. The molecule has 0 radical (unpaired) electrons. The molecule has 0 aromatic carbocycles. The molecule has 20 heavy (non-hydrogen) atoms. The minimum Gasteiger partial charge on any atom is -0.481 e. The van der Waals surface area contributed by atoms with Gasteiger partial charge >= 0.3 is 5.97 Å². The summed E-state index contributed by atoms with van der Waals surface area (Å²) in [6.07, 6.45) is 8.32. The van der Waals surface area contributed by atoms with E-state index < -0.39 is 11.4 Å². The fourth-order valence-corrected chi connectivity index (χ4v) is 3.63. The zero-order valence-electron chi connectivity index (χ0n) is 12.0. The summed E-state index contributed by atoms with van der Waals surface area (Å²) in [5, 5.41) is 21.6. The van der Waals surface area contributed by atoms with Crippen molar-refractivity contribution in [3.05, 3.63) is 5.82 Å². The van der Waals surface area contributed by atoms with Gasteiger partial charge in [0.25, 0.3) is 0 Å². The molecule has 2 saturated carbocycles. The molecule has 2 aliphatic rings. The van der Waals surface area contributed by atoms with Crippen LogP contribution in [0.3, 0.4) is 0 Å². The van der Waals surface area contributed by atoms with Gasteiger partial charge in [0.05, 0.1) is 12.0 Å². The van der Waals surface area contributed by atoms with E-state index in [0.717, 1.165) is 37.9 Å². The predicted octanol–water partition coefficient (Wildman–Crippen LogP) is 2.15. The Labute approximate surface area is 118 Å². The second-order valence-electron chi connectivity index (χ2n) is 6.72. The average molecular weight is 278 g/mol. The molecule has 0 bridgehead atoms. The Hall–Kier alpha value is -1.46. The largest absolute Gasteiger partial charge is 0.481 e. The van der Waals surface area contributed by atoms with Crippen molar-refractivity contribution in [3.63, 3.8) is 0 Å². The molecule has 0 saturated heterocycles. The van der Waals surface area contributed by atoms with Gasteiger partial charge < -0.3 is 5.11 Å². The van der Waals surface area contributed by atoms with Gasteiger partial charge in [-0.1, -0.05) is 32.6 Å². The zero-order chi connectivity index (χ0) is 14.2. The van der Waals surface area contributed by atoms with Crippen molar-refractivity contribution in [1.29, 1.82) is 0 Å². The van der Waals surface area contributed by atoms with Gasteiger partial charge in [-0.25, -0.2) is 4.68 Å². The molecule has 3 rings (SSSR count). The maximum Gasteiger partial charge on any atom is 0.311 e. The Balaban J connectivity index is 1.85. The van der Waals surface area contributed by atoms with Crippen molar-refractivity contribution >= 4 is 5.97 Å². The molecule has 1 aromatic heterocycles. The summed E-state index contributed by atoms with van der Waals surface area (Å²) < 4.78 is 1.76. The standard InChI is InChI=1S/C14H22N4O2/c1-13(6-3-2-4-7-13)11-15-16-17-18(11)10-14(12(19)20)8-5-9-14/h2-10H2,1H3,(H,19,20). The van der Waals surface area contributed by atoms with Crippen molar-refractivity contribution in [3.8, 4) is 0 Å². The molecule has 0 aliphatic heterocycles. The summed E-state index contributed by atoms with van der Waals surface area (Å²) in [6, 6.07) is 0. The molecular weight excluding hydrogens is 256 g/mol. The van der Waals surface area contributed by atoms with Crippen LogP contribution in [0.1, 0.15) is 64.1 Å². The van der Waals surface area contributed by atoms with Crippen LogP contribution in [0.4, 0.5) is 0 Å². The number of aromatic nitrogens is 4. The predicted molar refractivity (Wildman–Crippen MR) is 72.2 cm³/mol. The lowest BCUT2D eigenvalue weighted by Crippen LogP contribution is -2.43. The van der Waals surface area contributed by atoms with Crippen molar-refractivity contribution in [2.45, 2.75) is 70.3 Å². The summed E-state index contributed by atoms with van der Waals surface area (Å²) in [7, 11) is 0. The summed E-state index contributed by atoms with van der Waals surface area (Å²) in [6.45, 7) is 2.63. The summed E-state index contributed by atoms with van der Waals surface area (Å²) >= 11 is 0. The SMILES string of the molecule is CC1(c2nnnn2CC2(C(=O)O)CCC2)CCCCC1. The smallest absolute Gasteiger partial charge is 0.311 e. The van der Waals surface area contributed by atoms with Crippen molar-refractivity contribution in [2.75, 3.05) is 0 Å². The van der Waals surface area contributed by atoms with Gasteiger partial charge in [-0.2, -0.15) is 0 Å². The topological polar surface area (TPSA) is 80.9 Å². The third kappa shape index (κ3) is 2.11. The summed E-state index contributed by atoms with van der Waals surface area (Å²) in [5.41, 5.74) is -0.639. The van der Waals surface area contributed by atoms with Gasteiger partial charge in [-0.3, -0.25) is 4.79 Å². The second-order valence-corrected chi connectivity index (χ2v) is 6.72. The maximum atomic E-state index is 11.5. The van der Waals surface area contributed by atoms with Gasteiger partial charge in [-0.15, -0.1) is 5.10 Å². The molecular formula is C14H22N4O2. The molecule has 0 spiro atoms. The van der Waals surface area contributed by atoms with Gasteiger partial charge in [-0.05, 0) is 36.1 Å². The molecule has 1 N–H and O–H groups in total. The van der Waals surface area contributed by atoms with E-state index in [9.17, 15) is 9.90 Å². The first-order valence-electron chi connectivity index (χ1n) is 7.56. The van der Waals surface area contributed by atoms with E-state index in [1.165, 1.54) is 19.3 Å². The van der Waals surface area contributed by atoms with E-state index in [1.54, 1.807) is 4.68 Å². The van der Waals surface area contributed by atoms with E-state index in [1.807, 2.05) is 0 Å². The highest BCUT2D eigenvalue weighted by Crippen LogP contribution is 2.44. The number of nitrogens with zero attached hydrogens (tertiary/aromatic N) is 4. The number of aliphatic carboxylic acids is 1. The number of hydrogen-bond acceptors (Lipinski definition) is 4. The van der Waals surface area contributed by atoms with Gasteiger partial charge in [0.2, 0.25) is 0 Å². The van der Waals surface area contributed by atoms with Crippen LogP contribution in [-0.2, 0) is 16.8 Å². The first-order chi connectivity index (χ1) is 9.56.